The van der Waals surface area contributed by atoms with E-state index in [0.717, 1.165) is 53.3 Å². The zero-order chi connectivity index (χ0) is 24.0. The monoisotopic (exact) mass is 463 g/mol. The highest BCUT2D eigenvalue weighted by Crippen LogP contribution is 2.39. The van der Waals surface area contributed by atoms with Gasteiger partial charge in [-0.1, -0.05) is 0 Å². The van der Waals surface area contributed by atoms with Gasteiger partial charge < -0.3 is 23.5 Å². The Morgan fingerprint density at radius 1 is 1.00 bits per heavy atom. The number of rotatable bonds is 3. The van der Waals surface area contributed by atoms with E-state index in [2.05, 4.69) is 0 Å². The molecule has 0 spiro atoms. The molecule has 0 bridgehead atoms. The number of carbonyl (C=O) groups excluding carboxylic acids is 2. The van der Waals surface area contributed by atoms with Crippen LogP contribution in [0.1, 0.15) is 55.8 Å². The first-order valence-electron chi connectivity index (χ1n) is 11.2. The van der Waals surface area contributed by atoms with Crippen LogP contribution in [-0.2, 0) is 28.9 Å². The number of hydrogen-bond donors (Lipinski definition) is 0. The summed E-state index contributed by atoms with van der Waals surface area (Å²) in [5.74, 6) is -0.339. The molecular weight excluding hydrogens is 438 g/mol. The van der Waals surface area contributed by atoms with Gasteiger partial charge in [0.25, 0.3) is 0 Å². The molecule has 5 rings (SSSR count). The lowest BCUT2D eigenvalue weighted by Crippen LogP contribution is -2.33. The lowest BCUT2D eigenvalue weighted by atomic mass is 9.89. The van der Waals surface area contributed by atoms with E-state index >= 15 is 0 Å². The summed E-state index contributed by atoms with van der Waals surface area (Å²) in [7, 11) is 2.62. The van der Waals surface area contributed by atoms with E-state index in [0.29, 0.717) is 34.7 Å². The third-order valence-corrected chi connectivity index (χ3v) is 6.66. The van der Waals surface area contributed by atoms with Crippen molar-refractivity contribution in [1.82, 2.24) is 0 Å². The van der Waals surface area contributed by atoms with Crippen molar-refractivity contribution in [2.75, 3.05) is 25.9 Å². The fraction of sp³-hybridized carbons (Fsp3) is 0.346. The number of hydrogen-bond acceptors (Lipinski definition) is 8. The molecule has 2 heterocycles. The normalized spacial score (nSPS) is 14.7. The van der Waals surface area contributed by atoms with Gasteiger partial charge in [0.1, 0.15) is 11.3 Å². The molecule has 1 aliphatic carbocycles. The van der Waals surface area contributed by atoms with Crippen molar-refractivity contribution < 1.29 is 28.2 Å². The Morgan fingerprint density at radius 3 is 2.47 bits per heavy atom. The van der Waals surface area contributed by atoms with Gasteiger partial charge in [-0.2, -0.15) is 0 Å². The van der Waals surface area contributed by atoms with Crippen molar-refractivity contribution in [3.8, 4) is 5.75 Å². The molecule has 1 aliphatic heterocycles. The van der Waals surface area contributed by atoms with Gasteiger partial charge >= 0.3 is 17.6 Å². The SMILES string of the molecule is COC(=O)c1ccc(C(=O)OC)c(N2COc3c(cc4c5c(c(=O)oc4c3C)CCCC5)C2)c1. The van der Waals surface area contributed by atoms with Gasteiger partial charge in [0.15, 0.2) is 6.73 Å². The predicted octanol–water partition coefficient (Wildman–Crippen LogP) is 3.91. The second-order valence-electron chi connectivity index (χ2n) is 8.61. The lowest BCUT2D eigenvalue weighted by molar-refractivity contribution is 0.0587. The number of carbonyl (C=O) groups is 2. The fourth-order valence-electron chi connectivity index (χ4n) is 4.98. The zero-order valence-corrected chi connectivity index (χ0v) is 19.4. The third-order valence-electron chi connectivity index (χ3n) is 6.66. The molecule has 0 radical (unpaired) electrons. The van der Waals surface area contributed by atoms with Crippen LogP contribution in [0.4, 0.5) is 5.69 Å². The Kier molecular flexibility index (Phi) is 5.51. The summed E-state index contributed by atoms with van der Waals surface area (Å²) in [6.07, 6.45) is 3.59. The molecule has 1 aromatic heterocycles. The minimum Gasteiger partial charge on any atom is -0.472 e. The van der Waals surface area contributed by atoms with Crippen molar-refractivity contribution in [1.29, 1.82) is 0 Å². The third kappa shape index (κ3) is 3.50. The van der Waals surface area contributed by atoms with E-state index in [1.54, 1.807) is 12.1 Å². The van der Waals surface area contributed by atoms with Crippen LogP contribution in [-0.4, -0.2) is 32.9 Å². The van der Waals surface area contributed by atoms with Crippen molar-refractivity contribution >= 4 is 28.6 Å². The Hall–Kier alpha value is -3.81. The van der Waals surface area contributed by atoms with Gasteiger partial charge in [-0.3, -0.25) is 0 Å². The van der Waals surface area contributed by atoms with E-state index in [9.17, 15) is 14.4 Å². The second-order valence-corrected chi connectivity index (χ2v) is 8.61. The molecule has 2 aromatic carbocycles. The summed E-state index contributed by atoms with van der Waals surface area (Å²) in [5, 5.41) is 0.938. The molecule has 0 fully saturated rings. The molecule has 0 N–H and O–H groups in total. The molecule has 8 nitrogen and oxygen atoms in total. The van der Waals surface area contributed by atoms with E-state index in [1.807, 2.05) is 17.9 Å². The lowest BCUT2D eigenvalue weighted by Gasteiger charge is -2.33. The number of anilines is 1. The average molecular weight is 463 g/mol. The summed E-state index contributed by atoms with van der Waals surface area (Å²) in [4.78, 5) is 39.0. The Balaban J connectivity index is 1.62. The van der Waals surface area contributed by atoms with Gasteiger partial charge in [-0.25, -0.2) is 14.4 Å². The molecule has 0 unspecified atom stereocenters. The highest BCUT2D eigenvalue weighted by Gasteiger charge is 2.28. The molecule has 8 heteroatoms. The van der Waals surface area contributed by atoms with Crippen LogP contribution in [0.2, 0.25) is 0 Å². The molecule has 0 saturated heterocycles. The summed E-state index contributed by atoms with van der Waals surface area (Å²) in [6.45, 7) is 2.48. The summed E-state index contributed by atoms with van der Waals surface area (Å²) >= 11 is 0. The highest BCUT2D eigenvalue weighted by molar-refractivity contribution is 5.99. The van der Waals surface area contributed by atoms with Gasteiger partial charge in [0.05, 0.1) is 31.0 Å². The Labute approximate surface area is 196 Å². The van der Waals surface area contributed by atoms with Crippen molar-refractivity contribution in [2.24, 2.45) is 0 Å². The number of esters is 2. The second kappa shape index (κ2) is 8.52. The van der Waals surface area contributed by atoms with Crippen LogP contribution in [0.3, 0.4) is 0 Å². The van der Waals surface area contributed by atoms with Gasteiger partial charge in [-0.15, -0.1) is 0 Å². The fourth-order valence-corrected chi connectivity index (χ4v) is 4.98. The summed E-state index contributed by atoms with van der Waals surface area (Å²) < 4.78 is 21.6. The smallest absolute Gasteiger partial charge is 0.339 e. The zero-order valence-electron chi connectivity index (χ0n) is 19.4. The van der Waals surface area contributed by atoms with Crippen LogP contribution in [0.15, 0.2) is 33.5 Å². The standard InChI is InChI=1S/C26H25NO7/c1-14-22-16(10-20-17-6-4-5-7-18(17)26(30)34-23(14)20)12-27(13-33-22)21-11-15(24(28)31-2)8-9-19(21)25(29)32-3/h8-11H,4-7,12-13H2,1-3H3. The van der Waals surface area contributed by atoms with Crippen molar-refractivity contribution in [3.63, 3.8) is 0 Å². The van der Waals surface area contributed by atoms with Crippen LogP contribution in [0.25, 0.3) is 11.0 Å². The van der Waals surface area contributed by atoms with Gasteiger partial charge in [0.2, 0.25) is 0 Å². The van der Waals surface area contributed by atoms with Crippen LogP contribution >= 0.6 is 0 Å². The largest absolute Gasteiger partial charge is 0.472 e. The molecule has 2 aliphatic rings. The number of benzene rings is 2. The number of ether oxygens (including phenoxy) is 3. The maximum Gasteiger partial charge on any atom is 0.339 e. The molecule has 176 valence electrons. The number of methoxy groups -OCH3 is 2. The van der Waals surface area contributed by atoms with E-state index in [4.69, 9.17) is 18.6 Å². The number of fused-ring (bicyclic) bond motifs is 4. The number of nitrogens with zero attached hydrogens (tertiary/aromatic N) is 1. The van der Waals surface area contributed by atoms with Crippen molar-refractivity contribution in [3.05, 3.63) is 68.1 Å². The van der Waals surface area contributed by atoms with E-state index < -0.39 is 11.9 Å². The minimum atomic E-state index is -0.511. The van der Waals surface area contributed by atoms with E-state index in [-0.39, 0.29) is 12.4 Å². The van der Waals surface area contributed by atoms with Crippen LogP contribution < -0.4 is 15.3 Å². The average Bonchev–Trinajstić information content (AvgIpc) is 2.88. The molecule has 0 amide bonds. The van der Waals surface area contributed by atoms with Gasteiger partial charge in [-0.05, 0) is 62.4 Å². The molecule has 0 saturated carbocycles. The predicted molar refractivity (Wildman–Crippen MR) is 125 cm³/mol. The first-order chi connectivity index (χ1) is 16.4. The quantitative estimate of drug-likeness (QED) is 0.426. The van der Waals surface area contributed by atoms with Gasteiger partial charge in [0, 0.05) is 28.6 Å². The first-order valence-corrected chi connectivity index (χ1v) is 11.2. The topological polar surface area (TPSA) is 95.3 Å². The Bertz CT molecular complexity index is 1390. The molecule has 3 aromatic rings. The molecule has 34 heavy (non-hydrogen) atoms. The maximum absolute atomic E-state index is 12.6. The minimum absolute atomic E-state index is 0.142. The Morgan fingerprint density at radius 2 is 1.74 bits per heavy atom. The molecular formula is C26H25NO7. The summed E-state index contributed by atoms with van der Waals surface area (Å²) in [5.41, 5.74) is 5.00. The summed E-state index contributed by atoms with van der Waals surface area (Å²) in [6, 6.07) is 6.73. The van der Waals surface area contributed by atoms with E-state index in [1.165, 1.54) is 20.3 Å². The highest BCUT2D eigenvalue weighted by atomic mass is 16.5. The van der Waals surface area contributed by atoms with Crippen LogP contribution in [0.5, 0.6) is 5.75 Å². The van der Waals surface area contributed by atoms with Crippen molar-refractivity contribution in [2.45, 2.75) is 39.2 Å². The maximum atomic E-state index is 12.6. The number of aryl methyl sites for hydroxylation is 2. The first kappa shape index (κ1) is 22.0. The van der Waals surface area contributed by atoms with Crippen LogP contribution in [0, 0.1) is 6.92 Å². The molecule has 0 atom stereocenters.